The highest BCUT2D eigenvalue weighted by Gasteiger charge is 2.15. The quantitative estimate of drug-likeness (QED) is 0.809. The third kappa shape index (κ3) is 2.39. The van der Waals surface area contributed by atoms with Gasteiger partial charge < -0.3 is 0 Å². The standard InChI is InChI=1S/C9H5ClF2N4O/c10-5-2-7(12)6(11)1-4(5)8(17)15-9-13-3-14-16-9/h1-3H,(H2,13,14,15,16,17). The van der Waals surface area contributed by atoms with E-state index in [1.165, 1.54) is 6.33 Å². The van der Waals surface area contributed by atoms with E-state index in [1.807, 2.05) is 0 Å². The minimum Gasteiger partial charge on any atom is -0.291 e. The normalized spacial score (nSPS) is 10.3. The molecule has 2 N–H and O–H groups in total. The molecule has 2 aromatic rings. The fraction of sp³-hybridized carbons (Fsp3) is 0. The van der Waals surface area contributed by atoms with E-state index >= 15 is 0 Å². The fourth-order valence-corrected chi connectivity index (χ4v) is 1.37. The molecule has 0 unspecified atom stereocenters. The van der Waals surface area contributed by atoms with Gasteiger partial charge in [0.1, 0.15) is 6.33 Å². The highest BCUT2D eigenvalue weighted by Crippen LogP contribution is 2.20. The molecule has 5 nitrogen and oxygen atoms in total. The minimum atomic E-state index is -1.16. The zero-order chi connectivity index (χ0) is 12.4. The van der Waals surface area contributed by atoms with Gasteiger partial charge in [-0.25, -0.2) is 13.9 Å². The molecule has 0 saturated heterocycles. The monoisotopic (exact) mass is 258 g/mol. The van der Waals surface area contributed by atoms with Gasteiger partial charge >= 0.3 is 0 Å². The summed E-state index contributed by atoms with van der Waals surface area (Å²) in [5.41, 5.74) is -0.193. The van der Waals surface area contributed by atoms with Gasteiger partial charge in [0.15, 0.2) is 11.6 Å². The van der Waals surface area contributed by atoms with E-state index in [0.29, 0.717) is 6.07 Å². The lowest BCUT2D eigenvalue weighted by atomic mass is 10.2. The Labute approximate surface area is 98.8 Å². The molecule has 2 rings (SSSR count). The minimum absolute atomic E-state index is 0.0794. The maximum atomic E-state index is 12.9. The fourth-order valence-electron chi connectivity index (χ4n) is 1.14. The summed E-state index contributed by atoms with van der Waals surface area (Å²) in [5.74, 6) is -2.91. The van der Waals surface area contributed by atoms with Crippen molar-refractivity contribution in [2.75, 3.05) is 5.32 Å². The Bertz CT molecular complexity index is 558. The first kappa shape index (κ1) is 11.5. The summed E-state index contributed by atoms with van der Waals surface area (Å²) in [5, 5.41) is 7.97. The number of aromatic nitrogens is 3. The number of H-pyrrole nitrogens is 1. The topological polar surface area (TPSA) is 70.7 Å². The van der Waals surface area contributed by atoms with Crippen LogP contribution in [0.1, 0.15) is 10.4 Å². The second-order valence-electron chi connectivity index (χ2n) is 3.03. The van der Waals surface area contributed by atoms with Gasteiger partial charge in [0.2, 0.25) is 5.95 Å². The van der Waals surface area contributed by atoms with E-state index in [0.717, 1.165) is 6.07 Å². The van der Waals surface area contributed by atoms with Gasteiger partial charge in [-0.05, 0) is 12.1 Å². The van der Waals surface area contributed by atoms with Crippen molar-refractivity contribution in [2.24, 2.45) is 0 Å². The van der Waals surface area contributed by atoms with E-state index in [-0.39, 0.29) is 16.5 Å². The van der Waals surface area contributed by atoms with Crippen LogP contribution >= 0.6 is 11.6 Å². The molecule has 0 spiro atoms. The molecule has 0 saturated carbocycles. The van der Waals surface area contributed by atoms with E-state index < -0.39 is 17.5 Å². The van der Waals surface area contributed by atoms with Crippen molar-refractivity contribution in [3.63, 3.8) is 0 Å². The molecule has 17 heavy (non-hydrogen) atoms. The van der Waals surface area contributed by atoms with E-state index in [1.54, 1.807) is 0 Å². The van der Waals surface area contributed by atoms with Gasteiger partial charge in [-0.15, -0.1) is 0 Å². The molecule has 88 valence electrons. The number of nitrogens with zero attached hydrogens (tertiary/aromatic N) is 2. The van der Waals surface area contributed by atoms with Crippen LogP contribution in [0, 0.1) is 11.6 Å². The van der Waals surface area contributed by atoms with E-state index in [9.17, 15) is 13.6 Å². The molecular formula is C9H5ClF2N4O. The Balaban J connectivity index is 2.28. The predicted molar refractivity (Wildman–Crippen MR) is 55.7 cm³/mol. The third-order valence-corrected chi connectivity index (χ3v) is 2.21. The number of hydrogen-bond donors (Lipinski definition) is 2. The third-order valence-electron chi connectivity index (χ3n) is 1.90. The molecule has 1 aromatic carbocycles. The van der Waals surface area contributed by atoms with E-state index in [2.05, 4.69) is 20.5 Å². The molecular weight excluding hydrogens is 254 g/mol. The molecule has 1 heterocycles. The summed E-state index contributed by atoms with van der Waals surface area (Å²) >= 11 is 5.62. The number of rotatable bonds is 2. The van der Waals surface area contributed by atoms with Crippen molar-refractivity contribution >= 4 is 23.5 Å². The lowest BCUT2D eigenvalue weighted by molar-refractivity contribution is 0.102. The van der Waals surface area contributed by atoms with Gasteiger partial charge in [-0.3, -0.25) is 10.1 Å². The summed E-state index contributed by atoms with van der Waals surface area (Å²) < 4.78 is 25.7. The largest absolute Gasteiger partial charge is 0.291 e. The van der Waals surface area contributed by atoms with Crippen LogP contribution in [0.15, 0.2) is 18.5 Å². The van der Waals surface area contributed by atoms with Gasteiger partial charge in [-0.1, -0.05) is 11.6 Å². The maximum Gasteiger partial charge on any atom is 0.259 e. The molecule has 0 bridgehead atoms. The summed E-state index contributed by atoms with van der Waals surface area (Å²) in [6.07, 6.45) is 1.18. The number of anilines is 1. The smallest absolute Gasteiger partial charge is 0.259 e. The Morgan fingerprint density at radius 1 is 1.35 bits per heavy atom. The van der Waals surface area contributed by atoms with Crippen LogP contribution in [0.4, 0.5) is 14.7 Å². The van der Waals surface area contributed by atoms with E-state index in [4.69, 9.17) is 11.6 Å². The zero-order valence-electron chi connectivity index (χ0n) is 8.17. The molecule has 0 fully saturated rings. The number of benzene rings is 1. The summed E-state index contributed by atoms with van der Waals surface area (Å²) in [6, 6.07) is 1.44. The Morgan fingerprint density at radius 2 is 2.06 bits per heavy atom. The summed E-state index contributed by atoms with van der Waals surface area (Å²) in [7, 11) is 0. The highest BCUT2D eigenvalue weighted by molar-refractivity contribution is 6.34. The van der Waals surface area contributed by atoms with Crippen LogP contribution in [-0.2, 0) is 0 Å². The molecule has 0 aliphatic rings. The van der Waals surface area contributed by atoms with Crippen molar-refractivity contribution in [3.8, 4) is 0 Å². The first-order valence-electron chi connectivity index (χ1n) is 4.39. The van der Waals surface area contributed by atoms with Crippen LogP contribution in [0.25, 0.3) is 0 Å². The molecule has 0 aliphatic carbocycles. The second-order valence-corrected chi connectivity index (χ2v) is 3.44. The first-order valence-corrected chi connectivity index (χ1v) is 4.77. The summed E-state index contributed by atoms with van der Waals surface area (Å²) in [6.45, 7) is 0. The van der Waals surface area contributed by atoms with Gasteiger partial charge in [0.05, 0.1) is 10.6 Å². The number of carbonyl (C=O) groups excluding carboxylic acids is 1. The van der Waals surface area contributed by atoms with Gasteiger partial charge in [0.25, 0.3) is 5.91 Å². The SMILES string of the molecule is O=C(Nc1ncn[nH]1)c1cc(F)c(F)cc1Cl. The average molecular weight is 259 g/mol. The van der Waals surface area contributed by atoms with Crippen LogP contribution in [0.5, 0.6) is 0 Å². The number of amides is 1. The Morgan fingerprint density at radius 3 is 2.71 bits per heavy atom. The lowest BCUT2D eigenvalue weighted by Gasteiger charge is -2.04. The molecule has 0 radical (unpaired) electrons. The van der Waals surface area contributed by atoms with Crippen molar-refractivity contribution in [1.82, 2.24) is 15.2 Å². The van der Waals surface area contributed by atoms with Crippen molar-refractivity contribution in [2.45, 2.75) is 0 Å². The van der Waals surface area contributed by atoms with Crippen molar-refractivity contribution in [1.29, 1.82) is 0 Å². The molecule has 8 heteroatoms. The van der Waals surface area contributed by atoms with Crippen molar-refractivity contribution in [3.05, 3.63) is 40.7 Å². The highest BCUT2D eigenvalue weighted by atomic mass is 35.5. The Hall–Kier alpha value is -2.02. The van der Waals surface area contributed by atoms with Crippen LogP contribution in [0.3, 0.4) is 0 Å². The predicted octanol–water partition coefficient (Wildman–Crippen LogP) is 1.99. The van der Waals surface area contributed by atoms with Crippen molar-refractivity contribution < 1.29 is 13.6 Å². The second kappa shape index (κ2) is 4.46. The Kier molecular flexibility index (Phi) is 3.01. The number of hydrogen-bond acceptors (Lipinski definition) is 3. The number of carbonyl (C=O) groups is 1. The van der Waals surface area contributed by atoms with Gasteiger partial charge in [0, 0.05) is 0 Å². The molecule has 0 aliphatic heterocycles. The average Bonchev–Trinajstić information content (AvgIpc) is 2.76. The number of nitrogens with one attached hydrogen (secondary N) is 2. The van der Waals surface area contributed by atoms with Gasteiger partial charge in [-0.2, -0.15) is 10.1 Å². The van der Waals surface area contributed by atoms with Crippen LogP contribution < -0.4 is 5.32 Å². The zero-order valence-corrected chi connectivity index (χ0v) is 8.92. The molecule has 1 aromatic heterocycles. The number of halogens is 3. The molecule has 0 atom stereocenters. The summed E-state index contributed by atoms with van der Waals surface area (Å²) in [4.78, 5) is 15.3. The van der Waals surface area contributed by atoms with Crippen LogP contribution in [0.2, 0.25) is 5.02 Å². The lowest BCUT2D eigenvalue weighted by Crippen LogP contribution is -2.14. The van der Waals surface area contributed by atoms with Crippen LogP contribution in [-0.4, -0.2) is 21.1 Å². The first-order chi connectivity index (χ1) is 8.08. The maximum absolute atomic E-state index is 12.9. The molecule has 1 amide bonds. The number of aromatic amines is 1.